The Balaban J connectivity index is 2.44. The van der Waals surface area contributed by atoms with Crippen LogP contribution in [0.2, 0.25) is 0 Å². The molecular weight excluding hydrogens is 134 g/mol. The van der Waals surface area contributed by atoms with Gasteiger partial charge < -0.3 is 0 Å². The highest BCUT2D eigenvalue weighted by Crippen LogP contribution is 2.17. The van der Waals surface area contributed by atoms with E-state index in [1.54, 1.807) is 6.08 Å². The molecule has 0 radical (unpaired) electrons. The largest absolute Gasteiger partial charge is 0.244 e. The van der Waals surface area contributed by atoms with E-state index in [-0.39, 0.29) is 0 Å². The zero-order chi connectivity index (χ0) is 7.40. The minimum atomic E-state index is -1.36. The standard InChI is InChI=1S/C8H12F2/c9-7-5-3-1-2-4-6-8(7)10/h3,5,7-8H,1-2,4,6H2. The minimum Gasteiger partial charge on any atom is -0.244 e. The van der Waals surface area contributed by atoms with Crippen LogP contribution in [0.3, 0.4) is 0 Å². The number of allylic oxidation sites excluding steroid dienone is 2. The molecule has 0 nitrogen and oxygen atoms in total. The molecule has 10 heavy (non-hydrogen) atoms. The quantitative estimate of drug-likeness (QED) is 0.461. The van der Waals surface area contributed by atoms with Crippen LogP contribution in [-0.4, -0.2) is 12.3 Å². The first-order chi connectivity index (χ1) is 4.80. The molecule has 58 valence electrons. The van der Waals surface area contributed by atoms with E-state index in [1.807, 2.05) is 0 Å². The number of rotatable bonds is 0. The molecule has 1 aliphatic rings. The molecule has 0 fully saturated rings. The molecule has 0 aliphatic heterocycles. The average Bonchev–Trinajstić information content (AvgIpc) is 1.92. The predicted octanol–water partition coefficient (Wildman–Crippen LogP) is 2.79. The molecule has 0 saturated heterocycles. The molecule has 0 aromatic rings. The summed E-state index contributed by atoms with van der Waals surface area (Å²) in [4.78, 5) is 0. The first-order valence-electron chi connectivity index (χ1n) is 3.75. The van der Waals surface area contributed by atoms with Gasteiger partial charge in [-0.1, -0.05) is 18.6 Å². The van der Waals surface area contributed by atoms with E-state index < -0.39 is 12.3 Å². The van der Waals surface area contributed by atoms with Gasteiger partial charge in [0.05, 0.1) is 0 Å². The Morgan fingerprint density at radius 1 is 1.20 bits per heavy atom. The maximum Gasteiger partial charge on any atom is 0.149 e. The zero-order valence-electron chi connectivity index (χ0n) is 5.89. The topological polar surface area (TPSA) is 0 Å². The molecule has 0 saturated carbocycles. The van der Waals surface area contributed by atoms with Crippen molar-refractivity contribution in [2.24, 2.45) is 0 Å². The van der Waals surface area contributed by atoms with Crippen molar-refractivity contribution in [1.29, 1.82) is 0 Å². The molecule has 0 amide bonds. The van der Waals surface area contributed by atoms with Crippen molar-refractivity contribution in [1.82, 2.24) is 0 Å². The third-order valence-corrected chi connectivity index (χ3v) is 1.77. The summed E-state index contributed by atoms with van der Waals surface area (Å²) >= 11 is 0. The fourth-order valence-electron chi connectivity index (χ4n) is 1.11. The lowest BCUT2D eigenvalue weighted by Crippen LogP contribution is -2.15. The second-order valence-electron chi connectivity index (χ2n) is 2.67. The van der Waals surface area contributed by atoms with Crippen LogP contribution in [0.4, 0.5) is 8.78 Å². The Bertz CT molecular complexity index is 120. The second-order valence-corrected chi connectivity index (χ2v) is 2.67. The lowest BCUT2D eigenvalue weighted by Gasteiger charge is -2.11. The van der Waals surface area contributed by atoms with Crippen LogP contribution >= 0.6 is 0 Å². The molecule has 0 N–H and O–H groups in total. The van der Waals surface area contributed by atoms with Crippen molar-refractivity contribution in [3.05, 3.63) is 12.2 Å². The van der Waals surface area contributed by atoms with Crippen LogP contribution in [0, 0.1) is 0 Å². The van der Waals surface area contributed by atoms with Gasteiger partial charge in [0.1, 0.15) is 12.3 Å². The molecule has 1 aliphatic carbocycles. The van der Waals surface area contributed by atoms with Crippen molar-refractivity contribution in [3.8, 4) is 0 Å². The highest BCUT2D eigenvalue weighted by Gasteiger charge is 2.17. The SMILES string of the molecule is FC1C=CCCCCC1F. The van der Waals surface area contributed by atoms with E-state index in [1.165, 1.54) is 6.08 Å². The molecule has 2 heteroatoms. The van der Waals surface area contributed by atoms with E-state index in [9.17, 15) is 8.78 Å². The van der Waals surface area contributed by atoms with Crippen molar-refractivity contribution < 1.29 is 8.78 Å². The van der Waals surface area contributed by atoms with E-state index in [4.69, 9.17) is 0 Å². The van der Waals surface area contributed by atoms with Crippen LogP contribution < -0.4 is 0 Å². The molecular formula is C8H12F2. The Morgan fingerprint density at radius 3 is 2.80 bits per heavy atom. The molecule has 0 bridgehead atoms. The smallest absolute Gasteiger partial charge is 0.149 e. The highest BCUT2D eigenvalue weighted by atomic mass is 19.2. The molecule has 1 rings (SSSR count). The van der Waals surface area contributed by atoms with Crippen LogP contribution in [0.1, 0.15) is 25.7 Å². The van der Waals surface area contributed by atoms with Gasteiger partial charge in [0.25, 0.3) is 0 Å². The summed E-state index contributed by atoms with van der Waals surface area (Å²) < 4.78 is 25.1. The van der Waals surface area contributed by atoms with E-state index in [2.05, 4.69) is 0 Å². The number of hydrogen-bond acceptors (Lipinski definition) is 0. The van der Waals surface area contributed by atoms with Crippen LogP contribution in [-0.2, 0) is 0 Å². The fraction of sp³-hybridized carbons (Fsp3) is 0.750. The van der Waals surface area contributed by atoms with Crippen molar-refractivity contribution >= 4 is 0 Å². The molecule has 0 heterocycles. The van der Waals surface area contributed by atoms with Gasteiger partial charge in [-0.05, 0) is 19.3 Å². The van der Waals surface area contributed by atoms with Gasteiger partial charge in [-0.2, -0.15) is 0 Å². The van der Waals surface area contributed by atoms with E-state index in [0.717, 1.165) is 19.3 Å². The van der Waals surface area contributed by atoms with Crippen molar-refractivity contribution in [2.75, 3.05) is 0 Å². The molecule has 2 atom stereocenters. The van der Waals surface area contributed by atoms with Gasteiger partial charge in [-0.25, -0.2) is 8.78 Å². The summed E-state index contributed by atoms with van der Waals surface area (Å²) in [6.07, 6.45) is 3.52. The Morgan fingerprint density at radius 2 is 2.00 bits per heavy atom. The van der Waals surface area contributed by atoms with Crippen LogP contribution in [0.25, 0.3) is 0 Å². The van der Waals surface area contributed by atoms with E-state index >= 15 is 0 Å². The summed E-state index contributed by atoms with van der Waals surface area (Å²) in [7, 11) is 0. The monoisotopic (exact) mass is 146 g/mol. The molecule has 0 aromatic carbocycles. The van der Waals surface area contributed by atoms with Crippen LogP contribution in [0.5, 0.6) is 0 Å². The summed E-state index contributed by atoms with van der Waals surface area (Å²) in [6, 6.07) is 0. The minimum absolute atomic E-state index is 0.380. The van der Waals surface area contributed by atoms with Gasteiger partial charge in [0.15, 0.2) is 0 Å². The molecule has 0 aromatic heterocycles. The third kappa shape index (κ3) is 2.09. The maximum atomic E-state index is 12.6. The lowest BCUT2D eigenvalue weighted by atomic mass is 10.0. The molecule has 2 unspecified atom stereocenters. The van der Waals surface area contributed by atoms with Crippen molar-refractivity contribution in [2.45, 2.75) is 38.0 Å². The summed E-state index contributed by atoms with van der Waals surface area (Å²) in [5, 5.41) is 0. The normalized spacial score (nSPS) is 35.0. The fourth-order valence-corrected chi connectivity index (χ4v) is 1.11. The Labute approximate surface area is 59.9 Å². The third-order valence-electron chi connectivity index (χ3n) is 1.77. The van der Waals surface area contributed by atoms with Crippen LogP contribution in [0.15, 0.2) is 12.2 Å². The van der Waals surface area contributed by atoms with Gasteiger partial charge in [-0.3, -0.25) is 0 Å². The van der Waals surface area contributed by atoms with Crippen molar-refractivity contribution in [3.63, 3.8) is 0 Å². The zero-order valence-corrected chi connectivity index (χ0v) is 5.89. The average molecular weight is 146 g/mol. The molecule has 0 spiro atoms. The highest BCUT2D eigenvalue weighted by molar-refractivity contribution is 4.94. The maximum absolute atomic E-state index is 12.6. The Kier molecular flexibility index (Phi) is 2.84. The van der Waals surface area contributed by atoms with Gasteiger partial charge in [-0.15, -0.1) is 0 Å². The van der Waals surface area contributed by atoms with Gasteiger partial charge >= 0.3 is 0 Å². The Hall–Kier alpha value is -0.400. The number of halogens is 2. The van der Waals surface area contributed by atoms with Gasteiger partial charge in [0, 0.05) is 0 Å². The van der Waals surface area contributed by atoms with E-state index in [0.29, 0.717) is 6.42 Å². The summed E-state index contributed by atoms with van der Waals surface area (Å²) in [5.74, 6) is 0. The lowest BCUT2D eigenvalue weighted by molar-refractivity contribution is 0.188. The summed E-state index contributed by atoms with van der Waals surface area (Å²) in [5.41, 5.74) is 0. The second kappa shape index (κ2) is 3.69. The predicted molar refractivity (Wildman–Crippen MR) is 37.4 cm³/mol. The summed E-state index contributed by atoms with van der Waals surface area (Å²) in [6.45, 7) is 0. The number of alkyl halides is 2. The number of hydrogen-bond donors (Lipinski definition) is 0. The first kappa shape index (κ1) is 7.70. The first-order valence-corrected chi connectivity index (χ1v) is 3.75. The van der Waals surface area contributed by atoms with Gasteiger partial charge in [0.2, 0.25) is 0 Å².